The van der Waals surface area contributed by atoms with Crippen LogP contribution in [0.2, 0.25) is 0 Å². The molecule has 7 nitrogen and oxygen atoms in total. The van der Waals surface area contributed by atoms with Crippen molar-refractivity contribution >= 4 is 15.6 Å². The Balaban J connectivity index is 1.42. The molecular weight excluding hydrogens is 424 g/mol. The first-order chi connectivity index (χ1) is 14.5. The summed E-state index contributed by atoms with van der Waals surface area (Å²) in [5.41, 5.74) is 4.18. The van der Waals surface area contributed by atoms with Gasteiger partial charge in [0.15, 0.2) is 0 Å². The molecule has 2 aromatic rings. The van der Waals surface area contributed by atoms with Crippen molar-refractivity contribution in [2.75, 3.05) is 18.6 Å². The normalized spacial score (nSPS) is 22.1. The van der Waals surface area contributed by atoms with Gasteiger partial charge in [-0.2, -0.15) is 9.46 Å². The largest absolute Gasteiger partial charge is 0.476 e. The minimum Gasteiger partial charge on any atom is -0.476 e. The summed E-state index contributed by atoms with van der Waals surface area (Å²) in [6.45, 7) is 5.18. The number of hydrogen-bond acceptors (Lipinski definition) is 5. The van der Waals surface area contributed by atoms with Gasteiger partial charge in [0, 0.05) is 23.9 Å². The lowest BCUT2D eigenvalue weighted by molar-refractivity contribution is 0.0131. The van der Waals surface area contributed by atoms with E-state index in [2.05, 4.69) is 28.6 Å². The van der Waals surface area contributed by atoms with E-state index in [9.17, 15) is 13.0 Å². The van der Waals surface area contributed by atoms with Crippen LogP contribution in [-0.4, -0.2) is 33.2 Å². The lowest BCUT2D eigenvalue weighted by Gasteiger charge is -2.30. The number of nitrogens with one attached hydrogen (secondary N) is 1. The summed E-state index contributed by atoms with van der Waals surface area (Å²) in [5, 5.41) is 13.5. The highest BCUT2D eigenvalue weighted by atomic mass is 32.2. The molecule has 1 aliphatic heterocycles. The minimum atomic E-state index is -3.26. The average Bonchev–Trinajstić information content (AvgIpc) is 3.35. The summed E-state index contributed by atoms with van der Waals surface area (Å²) in [4.78, 5) is 0.264. The number of fused-ring (bicyclic) bond motifs is 3. The molecule has 0 radical (unpaired) electrons. The predicted molar refractivity (Wildman–Crippen MR) is 114 cm³/mol. The SMILES string of the molecule is CC1(C)COc2c([S@](N)(=O)=NCNc3c4c(cc5c3CC(F)(F)C5)CCC4)cnn2C1. The molecular formula is C21H27F2N5O2S. The van der Waals surface area contributed by atoms with Gasteiger partial charge in [-0.25, -0.2) is 22.8 Å². The second-order valence-corrected chi connectivity index (χ2v) is 11.4. The van der Waals surface area contributed by atoms with Gasteiger partial charge in [0.05, 0.1) is 19.3 Å². The molecule has 1 atom stereocenters. The van der Waals surface area contributed by atoms with Crippen molar-refractivity contribution in [3.63, 3.8) is 0 Å². The summed E-state index contributed by atoms with van der Waals surface area (Å²) >= 11 is 0. The monoisotopic (exact) mass is 451 g/mol. The molecule has 2 aliphatic carbocycles. The van der Waals surface area contributed by atoms with Gasteiger partial charge in [0.2, 0.25) is 5.88 Å². The van der Waals surface area contributed by atoms with Gasteiger partial charge < -0.3 is 10.1 Å². The van der Waals surface area contributed by atoms with Crippen LogP contribution < -0.4 is 15.2 Å². The van der Waals surface area contributed by atoms with E-state index in [-0.39, 0.29) is 29.8 Å². The first-order valence-electron chi connectivity index (χ1n) is 10.5. The molecule has 0 bridgehead atoms. The molecule has 1 aromatic heterocycles. The highest BCUT2D eigenvalue weighted by Gasteiger charge is 2.40. The first-order valence-corrected chi connectivity index (χ1v) is 12.1. The number of nitrogens with two attached hydrogens (primary N) is 1. The number of rotatable bonds is 4. The number of alkyl halides is 2. The fourth-order valence-electron chi connectivity index (χ4n) is 4.83. The molecule has 3 aliphatic rings. The third-order valence-electron chi connectivity index (χ3n) is 6.25. The van der Waals surface area contributed by atoms with Gasteiger partial charge in [-0.05, 0) is 41.5 Å². The Morgan fingerprint density at radius 1 is 1.29 bits per heavy atom. The van der Waals surface area contributed by atoms with Crippen molar-refractivity contribution in [3.05, 3.63) is 34.5 Å². The van der Waals surface area contributed by atoms with Crippen molar-refractivity contribution in [2.24, 2.45) is 14.9 Å². The minimum absolute atomic E-state index is 0.0418. The number of hydrogen-bond donors (Lipinski definition) is 2. The van der Waals surface area contributed by atoms with Crippen LogP contribution in [0.5, 0.6) is 5.88 Å². The van der Waals surface area contributed by atoms with Crippen molar-refractivity contribution in [2.45, 2.75) is 63.3 Å². The number of ether oxygens (including phenoxy) is 1. The number of benzene rings is 1. The summed E-state index contributed by atoms with van der Waals surface area (Å²) in [6.07, 6.45) is 3.67. The molecule has 1 aromatic carbocycles. The molecule has 3 N–H and O–H groups in total. The third-order valence-corrected chi connectivity index (χ3v) is 7.67. The van der Waals surface area contributed by atoms with Crippen molar-refractivity contribution in [1.29, 1.82) is 0 Å². The number of nitrogens with zero attached hydrogens (tertiary/aromatic N) is 3. The fourth-order valence-corrected chi connectivity index (χ4v) is 5.84. The zero-order valence-electron chi connectivity index (χ0n) is 17.7. The second-order valence-electron chi connectivity index (χ2n) is 9.55. The highest BCUT2D eigenvalue weighted by Crippen LogP contribution is 2.43. The van der Waals surface area contributed by atoms with Crippen LogP contribution in [0.25, 0.3) is 0 Å². The maximum Gasteiger partial charge on any atom is 0.256 e. The number of halogens is 2. The van der Waals surface area contributed by atoms with Crippen LogP contribution in [0.15, 0.2) is 21.5 Å². The van der Waals surface area contributed by atoms with Crippen LogP contribution in [0.3, 0.4) is 0 Å². The molecule has 2 heterocycles. The standard InChI is InChI=1S/C21H27F2N5O2S/c1-20(2)10-28-19(30-11-20)17(9-26-28)31(24,29)27-12-25-18-15-5-3-4-13(15)6-14-7-21(22,23)8-16(14)18/h6,9,25H,3-5,7-8,10-12H2,1-2H3,(H2,24,27,29)/t31-/m1/s1. The quantitative estimate of drug-likeness (QED) is 0.746. The van der Waals surface area contributed by atoms with Crippen LogP contribution in [0.1, 0.15) is 42.5 Å². The van der Waals surface area contributed by atoms with E-state index in [1.165, 1.54) is 6.20 Å². The summed E-state index contributed by atoms with van der Waals surface area (Å²) in [6, 6.07) is 1.94. The Kier molecular flexibility index (Phi) is 4.60. The summed E-state index contributed by atoms with van der Waals surface area (Å²) < 4.78 is 53.0. The Labute approximate surface area is 180 Å². The van der Waals surface area contributed by atoms with Crippen molar-refractivity contribution < 1.29 is 17.7 Å². The molecule has 0 saturated heterocycles. The highest BCUT2D eigenvalue weighted by molar-refractivity contribution is 7.91. The molecule has 0 amide bonds. The van der Waals surface area contributed by atoms with E-state index < -0.39 is 15.8 Å². The lowest BCUT2D eigenvalue weighted by atomic mass is 9.94. The van der Waals surface area contributed by atoms with E-state index in [1.807, 2.05) is 6.07 Å². The molecule has 10 heteroatoms. The van der Waals surface area contributed by atoms with E-state index in [0.29, 0.717) is 30.2 Å². The van der Waals surface area contributed by atoms with E-state index in [4.69, 9.17) is 9.88 Å². The van der Waals surface area contributed by atoms with Crippen molar-refractivity contribution in [3.8, 4) is 5.88 Å². The smallest absolute Gasteiger partial charge is 0.256 e. The zero-order chi connectivity index (χ0) is 22.0. The Bertz CT molecular complexity index is 1180. The van der Waals surface area contributed by atoms with E-state index >= 15 is 0 Å². The Hall–Kier alpha value is -2.20. The van der Waals surface area contributed by atoms with E-state index in [0.717, 1.165) is 36.1 Å². The van der Waals surface area contributed by atoms with Gasteiger partial charge in [-0.3, -0.25) is 0 Å². The topological polar surface area (TPSA) is 94.5 Å². The van der Waals surface area contributed by atoms with Gasteiger partial charge in [-0.1, -0.05) is 19.9 Å². The molecule has 168 valence electrons. The van der Waals surface area contributed by atoms with Crippen LogP contribution >= 0.6 is 0 Å². The molecule has 0 spiro atoms. The lowest BCUT2D eigenvalue weighted by Crippen LogP contribution is -2.33. The first kappa shape index (κ1) is 20.7. The second kappa shape index (κ2) is 6.90. The number of anilines is 1. The molecule has 0 unspecified atom stereocenters. The molecule has 5 rings (SSSR count). The van der Waals surface area contributed by atoms with Crippen LogP contribution in [0, 0.1) is 5.41 Å². The van der Waals surface area contributed by atoms with Gasteiger partial charge >= 0.3 is 0 Å². The van der Waals surface area contributed by atoms with Gasteiger partial charge in [0.1, 0.15) is 21.5 Å². The average molecular weight is 452 g/mol. The third kappa shape index (κ3) is 3.69. The zero-order valence-corrected chi connectivity index (χ0v) is 18.5. The maximum atomic E-state index is 14.1. The van der Waals surface area contributed by atoms with Crippen LogP contribution in [-0.2, 0) is 42.1 Å². The van der Waals surface area contributed by atoms with Gasteiger partial charge in [0.25, 0.3) is 5.92 Å². The Morgan fingerprint density at radius 3 is 2.90 bits per heavy atom. The number of aryl methyl sites for hydroxylation is 1. The summed E-state index contributed by atoms with van der Waals surface area (Å²) in [7, 11) is -3.26. The summed E-state index contributed by atoms with van der Waals surface area (Å²) in [5.74, 6) is -2.34. The van der Waals surface area contributed by atoms with E-state index in [1.54, 1.807) is 4.68 Å². The number of aromatic nitrogens is 2. The maximum absolute atomic E-state index is 14.1. The van der Waals surface area contributed by atoms with Gasteiger partial charge in [-0.15, -0.1) is 0 Å². The van der Waals surface area contributed by atoms with Crippen LogP contribution in [0.4, 0.5) is 14.5 Å². The molecule has 0 fully saturated rings. The Morgan fingerprint density at radius 2 is 2.10 bits per heavy atom. The fraction of sp³-hybridized carbons (Fsp3) is 0.571. The molecule has 31 heavy (non-hydrogen) atoms. The van der Waals surface area contributed by atoms with Crippen molar-refractivity contribution in [1.82, 2.24) is 9.78 Å². The predicted octanol–water partition coefficient (Wildman–Crippen LogP) is 3.29. The molecule has 0 saturated carbocycles.